The van der Waals surface area contributed by atoms with Gasteiger partial charge in [0, 0.05) is 17.6 Å². The highest BCUT2D eigenvalue weighted by Crippen LogP contribution is 2.29. The van der Waals surface area contributed by atoms with Gasteiger partial charge < -0.3 is 10.2 Å². The number of hydrogen-bond acceptors (Lipinski definition) is 4. The van der Waals surface area contributed by atoms with Crippen LogP contribution in [0, 0.1) is 20.8 Å². The van der Waals surface area contributed by atoms with Crippen molar-refractivity contribution < 1.29 is 18.0 Å². The van der Waals surface area contributed by atoms with Gasteiger partial charge in [0.05, 0.1) is 10.6 Å². The minimum atomic E-state index is -4.12. The standard InChI is InChI=1S/C33H40ClN3O4S/c1-23-14-17-30(18-15-23)42(40,41)37(31-19-24(2)13-16-25(31)3)22-32(38)36(21-27-9-8-10-28(34)20-27)26(4)33(39)35-29-11-6-5-7-12-29/h8-10,13-20,26,29H,5-7,11-12,21-22H2,1-4H3,(H,35,39)/t26-/m0/s1. The van der Waals surface area contributed by atoms with Crippen LogP contribution in [0.15, 0.2) is 71.6 Å². The van der Waals surface area contributed by atoms with Gasteiger partial charge in [0.25, 0.3) is 10.0 Å². The second-order valence-electron chi connectivity index (χ2n) is 11.3. The summed E-state index contributed by atoms with van der Waals surface area (Å²) in [5, 5.41) is 3.64. The molecule has 0 bridgehead atoms. The third-order valence-electron chi connectivity index (χ3n) is 7.88. The summed E-state index contributed by atoms with van der Waals surface area (Å²) in [5.74, 6) is -0.741. The summed E-state index contributed by atoms with van der Waals surface area (Å²) in [4.78, 5) is 29.2. The van der Waals surface area contributed by atoms with E-state index in [2.05, 4.69) is 5.32 Å². The Bertz CT molecular complexity index is 1520. The van der Waals surface area contributed by atoms with Gasteiger partial charge in [0.15, 0.2) is 0 Å². The molecule has 1 fully saturated rings. The van der Waals surface area contributed by atoms with Crippen molar-refractivity contribution in [3.63, 3.8) is 0 Å². The summed E-state index contributed by atoms with van der Waals surface area (Å²) in [6, 6.07) is 18.5. The molecule has 0 radical (unpaired) electrons. The van der Waals surface area contributed by atoms with E-state index in [1.807, 2.05) is 39.0 Å². The van der Waals surface area contributed by atoms with Gasteiger partial charge in [-0.1, -0.05) is 72.8 Å². The lowest BCUT2D eigenvalue weighted by Gasteiger charge is -2.33. The normalized spacial score (nSPS) is 14.7. The van der Waals surface area contributed by atoms with Crippen molar-refractivity contribution in [2.24, 2.45) is 0 Å². The molecule has 0 aromatic heterocycles. The van der Waals surface area contributed by atoms with Crippen molar-refractivity contribution in [2.45, 2.75) is 83.3 Å². The van der Waals surface area contributed by atoms with Crippen LogP contribution in [0.25, 0.3) is 0 Å². The van der Waals surface area contributed by atoms with Crippen LogP contribution in [0.3, 0.4) is 0 Å². The number of carbonyl (C=O) groups excluding carboxylic acids is 2. The summed E-state index contributed by atoms with van der Waals surface area (Å²) in [6.45, 7) is 6.91. The molecule has 2 amide bonds. The predicted molar refractivity (Wildman–Crippen MR) is 168 cm³/mol. The molecule has 0 aliphatic heterocycles. The van der Waals surface area contributed by atoms with Crippen LogP contribution in [0.4, 0.5) is 5.69 Å². The van der Waals surface area contributed by atoms with Gasteiger partial charge in [-0.3, -0.25) is 13.9 Å². The van der Waals surface area contributed by atoms with Gasteiger partial charge in [-0.25, -0.2) is 8.42 Å². The number of halogens is 1. The molecular weight excluding hydrogens is 570 g/mol. The van der Waals surface area contributed by atoms with E-state index in [9.17, 15) is 18.0 Å². The van der Waals surface area contributed by atoms with Crippen molar-refractivity contribution >= 4 is 39.1 Å². The minimum absolute atomic E-state index is 0.0742. The number of amides is 2. The van der Waals surface area contributed by atoms with Crippen LogP contribution in [0.2, 0.25) is 5.02 Å². The fourth-order valence-corrected chi connectivity index (χ4v) is 7.01. The van der Waals surface area contributed by atoms with E-state index in [-0.39, 0.29) is 23.4 Å². The van der Waals surface area contributed by atoms with Gasteiger partial charge in [0.1, 0.15) is 12.6 Å². The van der Waals surface area contributed by atoms with E-state index < -0.39 is 28.5 Å². The van der Waals surface area contributed by atoms with Gasteiger partial charge in [-0.2, -0.15) is 0 Å². The molecule has 1 atom stereocenters. The summed E-state index contributed by atoms with van der Waals surface area (Å²) >= 11 is 6.24. The van der Waals surface area contributed by atoms with Crippen LogP contribution in [0.5, 0.6) is 0 Å². The summed E-state index contributed by atoms with van der Waals surface area (Å²) < 4.78 is 29.4. The minimum Gasteiger partial charge on any atom is -0.352 e. The molecule has 1 N–H and O–H groups in total. The Labute approximate surface area is 254 Å². The highest BCUT2D eigenvalue weighted by molar-refractivity contribution is 7.92. The molecule has 1 saturated carbocycles. The lowest BCUT2D eigenvalue weighted by molar-refractivity contribution is -0.139. The zero-order chi connectivity index (χ0) is 30.4. The molecule has 0 saturated heterocycles. The molecule has 3 aromatic rings. The molecule has 0 spiro atoms. The average molecular weight is 610 g/mol. The first-order chi connectivity index (χ1) is 20.0. The van der Waals surface area contributed by atoms with Gasteiger partial charge in [0.2, 0.25) is 11.8 Å². The van der Waals surface area contributed by atoms with Crippen molar-refractivity contribution in [1.29, 1.82) is 0 Å². The Hall–Kier alpha value is -3.36. The maximum atomic E-state index is 14.2. The number of rotatable bonds is 10. The Balaban J connectivity index is 1.71. The van der Waals surface area contributed by atoms with Crippen molar-refractivity contribution in [3.05, 3.63) is 94.0 Å². The molecule has 4 rings (SSSR count). The predicted octanol–water partition coefficient (Wildman–Crippen LogP) is 6.33. The van der Waals surface area contributed by atoms with E-state index in [1.54, 1.807) is 55.5 Å². The Morgan fingerprint density at radius 2 is 1.60 bits per heavy atom. The van der Waals surface area contributed by atoms with E-state index in [0.29, 0.717) is 16.3 Å². The van der Waals surface area contributed by atoms with E-state index >= 15 is 0 Å². The molecule has 1 aliphatic carbocycles. The van der Waals surface area contributed by atoms with Crippen molar-refractivity contribution in [2.75, 3.05) is 10.8 Å². The third-order valence-corrected chi connectivity index (χ3v) is 9.89. The van der Waals surface area contributed by atoms with Crippen molar-refractivity contribution in [3.8, 4) is 0 Å². The number of hydrogen-bond donors (Lipinski definition) is 1. The lowest BCUT2D eigenvalue weighted by atomic mass is 9.95. The summed E-state index contributed by atoms with van der Waals surface area (Å²) in [7, 11) is -4.12. The number of aryl methyl sites for hydroxylation is 3. The Morgan fingerprint density at radius 1 is 0.929 bits per heavy atom. The SMILES string of the molecule is Cc1ccc(S(=O)(=O)N(CC(=O)N(Cc2cccc(Cl)c2)[C@@H](C)C(=O)NC2CCCCC2)c2cc(C)ccc2C)cc1. The third kappa shape index (κ3) is 7.72. The van der Waals surface area contributed by atoms with Crippen LogP contribution >= 0.6 is 11.6 Å². The van der Waals surface area contributed by atoms with Gasteiger partial charge in [-0.15, -0.1) is 0 Å². The molecule has 3 aromatic carbocycles. The summed E-state index contributed by atoms with van der Waals surface area (Å²) in [6.07, 6.45) is 5.11. The number of carbonyl (C=O) groups is 2. The van der Waals surface area contributed by atoms with Crippen LogP contribution in [0.1, 0.15) is 61.3 Å². The first-order valence-electron chi connectivity index (χ1n) is 14.5. The fraction of sp³-hybridized carbons (Fsp3) is 0.394. The zero-order valence-electron chi connectivity index (χ0n) is 24.8. The molecular formula is C33H40ClN3O4S. The van der Waals surface area contributed by atoms with Crippen LogP contribution < -0.4 is 9.62 Å². The smallest absolute Gasteiger partial charge is 0.264 e. The van der Waals surface area contributed by atoms with Crippen LogP contribution in [-0.4, -0.2) is 43.8 Å². The summed E-state index contributed by atoms with van der Waals surface area (Å²) in [5.41, 5.74) is 3.67. The highest BCUT2D eigenvalue weighted by Gasteiger charge is 2.33. The van der Waals surface area contributed by atoms with Crippen molar-refractivity contribution in [1.82, 2.24) is 10.2 Å². The lowest BCUT2D eigenvalue weighted by Crippen LogP contribution is -2.53. The zero-order valence-corrected chi connectivity index (χ0v) is 26.3. The quantitative estimate of drug-likeness (QED) is 0.291. The number of anilines is 1. The molecule has 9 heteroatoms. The number of benzene rings is 3. The van der Waals surface area contributed by atoms with Gasteiger partial charge >= 0.3 is 0 Å². The first kappa shape index (κ1) is 31.6. The second-order valence-corrected chi connectivity index (χ2v) is 13.6. The van der Waals surface area contributed by atoms with E-state index in [1.165, 1.54) is 9.21 Å². The van der Waals surface area contributed by atoms with Gasteiger partial charge in [-0.05, 0) is 87.6 Å². The maximum absolute atomic E-state index is 14.2. The Morgan fingerprint density at radius 3 is 2.26 bits per heavy atom. The monoisotopic (exact) mass is 609 g/mol. The molecule has 42 heavy (non-hydrogen) atoms. The topological polar surface area (TPSA) is 86.8 Å². The molecule has 0 heterocycles. The first-order valence-corrected chi connectivity index (χ1v) is 16.3. The number of sulfonamides is 1. The second kappa shape index (κ2) is 13.7. The molecule has 0 unspecified atom stereocenters. The molecule has 224 valence electrons. The average Bonchev–Trinajstić information content (AvgIpc) is 2.96. The molecule has 1 aliphatic rings. The maximum Gasteiger partial charge on any atom is 0.264 e. The van der Waals surface area contributed by atoms with E-state index in [0.717, 1.165) is 48.8 Å². The number of nitrogens with zero attached hydrogens (tertiary/aromatic N) is 2. The fourth-order valence-electron chi connectivity index (χ4n) is 5.32. The van der Waals surface area contributed by atoms with Crippen LogP contribution in [-0.2, 0) is 26.2 Å². The van der Waals surface area contributed by atoms with E-state index in [4.69, 9.17) is 11.6 Å². The largest absolute Gasteiger partial charge is 0.352 e. The molecule has 7 nitrogen and oxygen atoms in total. The highest BCUT2D eigenvalue weighted by atomic mass is 35.5. The Kier molecular flexibility index (Phi) is 10.3. The number of nitrogens with one attached hydrogen (secondary N) is 1.